The molecule has 0 unspecified atom stereocenters. The Morgan fingerprint density at radius 2 is 2.35 bits per heavy atom. The van der Waals surface area contributed by atoms with Gasteiger partial charge in [-0.2, -0.15) is 0 Å². The molecule has 23 heavy (non-hydrogen) atoms. The van der Waals surface area contributed by atoms with Gasteiger partial charge in [-0.1, -0.05) is 17.7 Å². The fourth-order valence-electron chi connectivity index (χ4n) is 2.12. The van der Waals surface area contributed by atoms with E-state index in [0.29, 0.717) is 24.9 Å². The van der Waals surface area contributed by atoms with Gasteiger partial charge in [-0.05, 0) is 11.6 Å². The van der Waals surface area contributed by atoms with Gasteiger partial charge in [-0.25, -0.2) is 20.1 Å². The third-order valence-electron chi connectivity index (χ3n) is 3.10. The van der Waals surface area contributed by atoms with Crippen LogP contribution in [0.1, 0.15) is 11.3 Å². The summed E-state index contributed by atoms with van der Waals surface area (Å²) in [6.45, 7) is 0.826. The van der Waals surface area contributed by atoms with Gasteiger partial charge < -0.3 is 5.32 Å². The molecular formula is C12H12ClN7O2S. The van der Waals surface area contributed by atoms with Crippen LogP contribution in [0.4, 0.5) is 5.00 Å². The minimum atomic E-state index is -0.718. The molecule has 1 saturated heterocycles. The van der Waals surface area contributed by atoms with Crippen LogP contribution in [0.2, 0.25) is 5.15 Å². The molecule has 3 heterocycles. The third-order valence-corrected chi connectivity index (χ3v) is 4.21. The second-order valence-electron chi connectivity index (χ2n) is 4.62. The maximum absolute atomic E-state index is 10.7. The highest BCUT2D eigenvalue weighted by Gasteiger charge is 2.24. The van der Waals surface area contributed by atoms with Crippen molar-refractivity contribution >= 4 is 33.9 Å². The standard InChI is InChI=1S/C12H12ClN7O2S/c13-10-2-1-8(4-15-10)3-9-11(23-7-17-9)19-6-14-5-16-12(19)18-20(21)22/h1-2,4,7,14H,3,5-6H2,(H,16,18). The van der Waals surface area contributed by atoms with Gasteiger partial charge in [0.1, 0.15) is 15.3 Å². The number of halogens is 1. The Morgan fingerprint density at radius 1 is 1.48 bits per heavy atom. The SMILES string of the molecule is O=[N+]([O-])N=C1NCNCN1c1scnc1Cc1ccc(Cl)nc1. The summed E-state index contributed by atoms with van der Waals surface area (Å²) in [5, 5.41) is 20.5. The molecule has 2 N–H and O–H groups in total. The lowest BCUT2D eigenvalue weighted by Crippen LogP contribution is -2.55. The molecule has 1 fully saturated rings. The average molecular weight is 354 g/mol. The van der Waals surface area contributed by atoms with E-state index in [1.165, 1.54) is 11.3 Å². The lowest BCUT2D eigenvalue weighted by Gasteiger charge is -2.29. The Hall–Kier alpha value is -2.30. The summed E-state index contributed by atoms with van der Waals surface area (Å²) in [6, 6.07) is 3.59. The molecule has 2 aromatic rings. The van der Waals surface area contributed by atoms with Crippen LogP contribution in [0, 0.1) is 10.1 Å². The molecule has 0 atom stereocenters. The van der Waals surface area contributed by atoms with Crippen molar-refractivity contribution < 1.29 is 5.03 Å². The van der Waals surface area contributed by atoms with Gasteiger partial charge in [-0.15, -0.1) is 11.3 Å². The molecule has 1 aliphatic heterocycles. The molecule has 0 saturated carbocycles. The zero-order valence-corrected chi connectivity index (χ0v) is 13.3. The van der Waals surface area contributed by atoms with Crippen molar-refractivity contribution in [1.82, 2.24) is 20.6 Å². The molecule has 0 aromatic carbocycles. The monoisotopic (exact) mass is 353 g/mol. The van der Waals surface area contributed by atoms with E-state index >= 15 is 0 Å². The Kier molecular flexibility index (Phi) is 4.65. The van der Waals surface area contributed by atoms with E-state index in [9.17, 15) is 10.1 Å². The fourth-order valence-corrected chi connectivity index (χ4v) is 3.05. The van der Waals surface area contributed by atoms with E-state index in [1.54, 1.807) is 22.7 Å². The van der Waals surface area contributed by atoms with E-state index in [1.807, 2.05) is 6.07 Å². The number of hydrogen-bond donors (Lipinski definition) is 2. The van der Waals surface area contributed by atoms with E-state index in [-0.39, 0.29) is 5.96 Å². The number of hydrogen-bond acceptors (Lipinski definition) is 6. The van der Waals surface area contributed by atoms with Gasteiger partial charge in [0.15, 0.2) is 5.03 Å². The zero-order chi connectivity index (χ0) is 16.2. The van der Waals surface area contributed by atoms with Crippen LogP contribution < -0.4 is 15.5 Å². The number of anilines is 1. The van der Waals surface area contributed by atoms with E-state index < -0.39 is 5.03 Å². The number of nitro groups is 1. The highest BCUT2D eigenvalue weighted by Crippen LogP contribution is 2.27. The topological polar surface area (TPSA) is 109 Å². The summed E-state index contributed by atoms with van der Waals surface area (Å²) in [6.07, 6.45) is 2.23. The van der Waals surface area contributed by atoms with E-state index in [0.717, 1.165) is 16.3 Å². The molecule has 3 rings (SSSR count). The van der Waals surface area contributed by atoms with E-state index in [4.69, 9.17) is 11.6 Å². The third kappa shape index (κ3) is 3.73. The first kappa shape index (κ1) is 15.6. The van der Waals surface area contributed by atoms with Crippen molar-refractivity contribution in [2.75, 3.05) is 18.2 Å². The maximum atomic E-state index is 10.7. The van der Waals surface area contributed by atoms with Crippen molar-refractivity contribution in [1.29, 1.82) is 0 Å². The smallest absolute Gasteiger partial charge is 0.278 e. The quantitative estimate of drug-likeness (QED) is 0.483. The normalized spacial score (nSPS) is 16.4. The molecule has 0 amide bonds. The van der Waals surface area contributed by atoms with Crippen LogP contribution in [-0.4, -0.2) is 34.3 Å². The Labute approximate surface area is 140 Å². The summed E-state index contributed by atoms with van der Waals surface area (Å²) in [5.41, 5.74) is 3.44. The molecule has 0 aliphatic carbocycles. The molecule has 0 bridgehead atoms. The number of aromatic nitrogens is 2. The van der Waals surface area contributed by atoms with Crippen LogP contribution in [0.25, 0.3) is 0 Å². The number of guanidine groups is 1. The molecule has 2 aromatic heterocycles. The lowest BCUT2D eigenvalue weighted by molar-refractivity contribution is -0.485. The summed E-state index contributed by atoms with van der Waals surface area (Å²) >= 11 is 7.18. The predicted octanol–water partition coefficient (Wildman–Crippen LogP) is 1.24. The first-order valence-corrected chi connectivity index (χ1v) is 7.87. The summed E-state index contributed by atoms with van der Waals surface area (Å²) < 4.78 is 0. The van der Waals surface area contributed by atoms with Crippen LogP contribution in [0.15, 0.2) is 28.9 Å². The highest BCUT2D eigenvalue weighted by atomic mass is 35.5. The number of hydrazone groups is 1. The van der Waals surface area contributed by atoms with Gasteiger partial charge >= 0.3 is 0 Å². The van der Waals surface area contributed by atoms with Gasteiger partial charge in [0, 0.05) is 12.6 Å². The zero-order valence-electron chi connectivity index (χ0n) is 11.8. The Balaban J connectivity index is 1.87. The van der Waals surface area contributed by atoms with Crippen molar-refractivity contribution in [3.63, 3.8) is 0 Å². The molecule has 11 heteroatoms. The Morgan fingerprint density at radius 3 is 3.09 bits per heavy atom. The summed E-state index contributed by atoms with van der Waals surface area (Å²) in [4.78, 5) is 20.8. The van der Waals surface area contributed by atoms with Gasteiger partial charge in [0.2, 0.25) is 0 Å². The highest BCUT2D eigenvalue weighted by molar-refractivity contribution is 7.14. The van der Waals surface area contributed by atoms with Crippen LogP contribution in [0.5, 0.6) is 0 Å². The lowest BCUT2D eigenvalue weighted by atomic mass is 10.1. The second kappa shape index (κ2) is 6.86. The molecule has 0 radical (unpaired) electrons. The van der Waals surface area contributed by atoms with Gasteiger partial charge in [0.05, 0.1) is 24.5 Å². The molecule has 1 aliphatic rings. The van der Waals surface area contributed by atoms with E-state index in [2.05, 4.69) is 25.7 Å². The fraction of sp³-hybridized carbons (Fsp3) is 0.250. The predicted molar refractivity (Wildman–Crippen MR) is 87.1 cm³/mol. The molecular weight excluding hydrogens is 342 g/mol. The summed E-state index contributed by atoms with van der Waals surface area (Å²) in [7, 11) is 0. The number of nitrogens with one attached hydrogen (secondary N) is 2. The van der Waals surface area contributed by atoms with Crippen molar-refractivity contribution in [3.8, 4) is 0 Å². The Bertz CT molecular complexity index is 733. The van der Waals surface area contributed by atoms with Crippen molar-refractivity contribution in [2.24, 2.45) is 5.10 Å². The molecule has 0 spiro atoms. The minimum absolute atomic E-state index is 0.188. The molecule has 120 valence electrons. The second-order valence-corrected chi connectivity index (χ2v) is 5.84. The van der Waals surface area contributed by atoms with Crippen molar-refractivity contribution in [2.45, 2.75) is 6.42 Å². The first-order valence-electron chi connectivity index (χ1n) is 6.61. The molecule has 9 nitrogen and oxygen atoms in total. The van der Waals surface area contributed by atoms with Gasteiger partial charge in [-0.3, -0.25) is 10.2 Å². The number of thiazole rings is 1. The first-order chi connectivity index (χ1) is 11.1. The van der Waals surface area contributed by atoms with Crippen LogP contribution in [0.3, 0.4) is 0 Å². The number of rotatable bonds is 4. The van der Waals surface area contributed by atoms with Crippen LogP contribution in [-0.2, 0) is 6.42 Å². The average Bonchev–Trinajstić information content (AvgIpc) is 2.97. The van der Waals surface area contributed by atoms with Crippen molar-refractivity contribution in [3.05, 3.63) is 50.4 Å². The van der Waals surface area contributed by atoms with Crippen LogP contribution >= 0.6 is 22.9 Å². The largest absolute Gasteiger partial charge is 0.338 e. The maximum Gasteiger partial charge on any atom is 0.278 e. The number of pyridine rings is 1. The number of nitrogens with zero attached hydrogens (tertiary/aromatic N) is 5. The van der Waals surface area contributed by atoms with Gasteiger partial charge in [0.25, 0.3) is 5.96 Å². The minimum Gasteiger partial charge on any atom is -0.338 e. The summed E-state index contributed by atoms with van der Waals surface area (Å²) in [5.74, 6) is 0.188.